The molecule has 7 nitrogen and oxygen atoms in total. The molecule has 196 valence electrons. The number of amides is 2. The summed E-state index contributed by atoms with van der Waals surface area (Å²) in [4.78, 5) is 28.0. The van der Waals surface area contributed by atoms with Crippen LogP contribution in [0.15, 0.2) is 83.8 Å². The topological polar surface area (TPSA) is 86.8 Å². The second-order valence-corrected chi connectivity index (χ2v) is 11.2. The van der Waals surface area contributed by atoms with E-state index < -0.39 is 28.5 Å². The predicted octanol–water partition coefficient (Wildman–Crippen LogP) is 5.13. The molecule has 1 atom stereocenters. The molecule has 0 heterocycles. The Morgan fingerprint density at radius 3 is 2.22 bits per heavy atom. The fourth-order valence-electron chi connectivity index (χ4n) is 3.67. The lowest BCUT2D eigenvalue weighted by Crippen LogP contribution is -2.51. The Balaban J connectivity index is 2.00. The zero-order valence-electron chi connectivity index (χ0n) is 20.6. The van der Waals surface area contributed by atoms with Crippen LogP contribution in [0.1, 0.15) is 25.8 Å². The molecule has 0 aliphatic heterocycles. The molecule has 0 radical (unpaired) electrons. The van der Waals surface area contributed by atoms with Gasteiger partial charge in [0, 0.05) is 23.1 Å². The van der Waals surface area contributed by atoms with Crippen molar-refractivity contribution in [2.75, 3.05) is 17.4 Å². The number of benzene rings is 3. The number of nitrogens with one attached hydrogen (secondary N) is 1. The van der Waals surface area contributed by atoms with E-state index >= 15 is 0 Å². The van der Waals surface area contributed by atoms with Gasteiger partial charge in [-0.1, -0.05) is 60.5 Å². The summed E-state index contributed by atoms with van der Waals surface area (Å²) in [5.74, 6) is -0.880. The SMILES string of the molecule is CCCNC(=O)[C@@H](C)N(Cc1cccc(Cl)c1)C(=O)CN(c1ccc(Cl)cc1)S(=O)(=O)c1ccccc1. The average molecular weight is 563 g/mol. The maximum absolute atomic E-state index is 13.8. The Hall–Kier alpha value is -3.07. The molecule has 3 aromatic rings. The zero-order chi connectivity index (χ0) is 27.0. The lowest BCUT2D eigenvalue weighted by atomic mass is 10.1. The Morgan fingerprint density at radius 2 is 1.59 bits per heavy atom. The van der Waals surface area contributed by atoms with Crippen LogP contribution >= 0.6 is 23.2 Å². The smallest absolute Gasteiger partial charge is 0.264 e. The number of sulfonamides is 1. The first-order valence-corrected chi connectivity index (χ1v) is 14.0. The molecule has 0 saturated heterocycles. The number of nitrogens with zero attached hydrogens (tertiary/aromatic N) is 2. The van der Waals surface area contributed by atoms with Crippen LogP contribution in [-0.4, -0.2) is 44.3 Å². The van der Waals surface area contributed by atoms with Crippen molar-refractivity contribution < 1.29 is 18.0 Å². The quantitative estimate of drug-likeness (QED) is 0.351. The van der Waals surface area contributed by atoms with Crippen LogP contribution in [0.2, 0.25) is 10.0 Å². The summed E-state index contributed by atoms with van der Waals surface area (Å²) in [6.07, 6.45) is 0.736. The molecule has 0 aliphatic rings. The third kappa shape index (κ3) is 7.47. The van der Waals surface area contributed by atoms with Crippen LogP contribution in [0, 0.1) is 0 Å². The van der Waals surface area contributed by atoms with Gasteiger partial charge in [-0.05, 0) is 67.4 Å². The zero-order valence-corrected chi connectivity index (χ0v) is 22.9. The molecule has 3 rings (SSSR count). The second kappa shape index (κ2) is 12.9. The molecule has 0 spiro atoms. The third-order valence-corrected chi connectivity index (χ3v) is 7.96. The van der Waals surface area contributed by atoms with Crippen LogP contribution < -0.4 is 9.62 Å². The number of anilines is 1. The highest BCUT2D eigenvalue weighted by Gasteiger charge is 2.32. The highest BCUT2D eigenvalue weighted by Crippen LogP contribution is 2.26. The van der Waals surface area contributed by atoms with E-state index in [1.165, 1.54) is 29.2 Å². The largest absolute Gasteiger partial charge is 0.354 e. The van der Waals surface area contributed by atoms with E-state index in [1.54, 1.807) is 61.5 Å². The summed E-state index contributed by atoms with van der Waals surface area (Å²) in [6.45, 7) is 3.55. The minimum Gasteiger partial charge on any atom is -0.354 e. The van der Waals surface area contributed by atoms with Crippen molar-refractivity contribution in [3.8, 4) is 0 Å². The molecule has 0 unspecified atom stereocenters. The molecular weight excluding hydrogens is 533 g/mol. The lowest BCUT2D eigenvalue weighted by molar-refractivity contribution is -0.139. The Labute approximate surface area is 228 Å². The third-order valence-electron chi connectivity index (χ3n) is 5.68. The number of halogens is 2. The molecule has 1 N–H and O–H groups in total. The van der Waals surface area contributed by atoms with Crippen LogP contribution in [0.5, 0.6) is 0 Å². The van der Waals surface area contributed by atoms with E-state index in [0.29, 0.717) is 22.2 Å². The summed E-state index contributed by atoms with van der Waals surface area (Å²) in [6, 6.07) is 20.1. The molecule has 2 amide bonds. The van der Waals surface area contributed by atoms with Gasteiger partial charge in [-0.3, -0.25) is 13.9 Å². The summed E-state index contributed by atoms with van der Waals surface area (Å²) < 4.78 is 28.3. The van der Waals surface area contributed by atoms with Crippen molar-refractivity contribution in [3.63, 3.8) is 0 Å². The number of carbonyl (C=O) groups is 2. The van der Waals surface area contributed by atoms with Gasteiger partial charge in [0.25, 0.3) is 10.0 Å². The van der Waals surface area contributed by atoms with Gasteiger partial charge in [-0.15, -0.1) is 0 Å². The summed E-state index contributed by atoms with van der Waals surface area (Å²) >= 11 is 12.2. The van der Waals surface area contributed by atoms with Crippen molar-refractivity contribution in [1.82, 2.24) is 10.2 Å². The number of hydrogen-bond donors (Lipinski definition) is 1. The molecule has 37 heavy (non-hydrogen) atoms. The maximum atomic E-state index is 13.8. The number of hydrogen-bond acceptors (Lipinski definition) is 4. The first-order valence-electron chi connectivity index (χ1n) is 11.8. The second-order valence-electron chi connectivity index (χ2n) is 8.42. The molecule has 0 fully saturated rings. The summed E-state index contributed by atoms with van der Waals surface area (Å²) in [5, 5.41) is 3.72. The average Bonchev–Trinajstić information content (AvgIpc) is 2.89. The first kappa shape index (κ1) is 28.5. The Morgan fingerprint density at radius 1 is 0.919 bits per heavy atom. The van der Waals surface area contributed by atoms with Crippen molar-refractivity contribution in [3.05, 3.63) is 94.5 Å². The molecule has 0 saturated carbocycles. The van der Waals surface area contributed by atoms with E-state index in [1.807, 2.05) is 6.92 Å². The number of carbonyl (C=O) groups excluding carboxylic acids is 2. The fourth-order valence-corrected chi connectivity index (χ4v) is 5.44. The molecular formula is C27H29Cl2N3O4S. The van der Waals surface area contributed by atoms with E-state index in [4.69, 9.17) is 23.2 Å². The van der Waals surface area contributed by atoms with Gasteiger partial charge in [0.1, 0.15) is 12.6 Å². The Kier molecular flexibility index (Phi) is 9.97. The van der Waals surface area contributed by atoms with Crippen molar-refractivity contribution in [2.45, 2.75) is 37.8 Å². The predicted molar refractivity (Wildman–Crippen MR) is 147 cm³/mol. The minimum atomic E-state index is -4.11. The monoisotopic (exact) mass is 561 g/mol. The summed E-state index contributed by atoms with van der Waals surface area (Å²) in [5.41, 5.74) is 0.979. The molecule has 0 bridgehead atoms. The van der Waals surface area contributed by atoms with Gasteiger partial charge in [0.2, 0.25) is 11.8 Å². The maximum Gasteiger partial charge on any atom is 0.264 e. The lowest BCUT2D eigenvalue weighted by Gasteiger charge is -2.32. The number of rotatable bonds is 11. The van der Waals surface area contributed by atoms with Gasteiger partial charge >= 0.3 is 0 Å². The van der Waals surface area contributed by atoms with Gasteiger partial charge in [0.15, 0.2) is 0 Å². The normalized spacial score (nSPS) is 12.0. The minimum absolute atomic E-state index is 0.0351. The molecule has 0 aliphatic carbocycles. The van der Waals surface area contributed by atoms with Gasteiger partial charge in [0.05, 0.1) is 10.6 Å². The van der Waals surface area contributed by atoms with Crippen molar-refractivity contribution in [2.24, 2.45) is 0 Å². The van der Waals surface area contributed by atoms with Crippen molar-refractivity contribution >= 4 is 50.7 Å². The van der Waals surface area contributed by atoms with Gasteiger partial charge < -0.3 is 10.2 Å². The molecule has 3 aromatic carbocycles. The summed E-state index contributed by atoms with van der Waals surface area (Å²) in [7, 11) is -4.11. The van der Waals surface area contributed by atoms with E-state index in [-0.39, 0.29) is 23.0 Å². The molecule has 10 heteroatoms. The van der Waals surface area contributed by atoms with E-state index in [0.717, 1.165) is 10.7 Å². The molecule has 0 aromatic heterocycles. The fraction of sp³-hybridized carbons (Fsp3) is 0.259. The van der Waals surface area contributed by atoms with Gasteiger partial charge in [-0.2, -0.15) is 0 Å². The van der Waals surface area contributed by atoms with E-state index in [9.17, 15) is 18.0 Å². The van der Waals surface area contributed by atoms with Gasteiger partial charge in [-0.25, -0.2) is 8.42 Å². The van der Waals surface area contributed by atoms with Crippen LogP contribution in [0.4, 0.5) is 5.69 Å². The van der Waals surface area contributed by atoms with Crippen LogP contribution in [0.3, 0.4) is 0 Å². The first-order chi connectivity index (χ1) is 17.6. The van der Waals surface area contributed by atoms with Crippen LogP contribution in [-0.2, 0) is 26.2 Å². The highest BCUT2D eigenvalue weighted by molar-refractivity contribution is 7.92. The van der Waals surface area contributed by atoms with Crippen molar-refractivity contribution in [1.29, 1.82) is 0 Å². The Bertz CT molecular complexity index is 1320. The highest BCUT2D eigenvalue weighted by atomic mass is 35.5. The van der Waals surface area contributed by atoms with E-state index in [2.05, 4.69) is 5.32 Å². The van der Waals surface area contributed by atoms with Crippen LogP contribution in [0.25, 0.3) is 0 Å². The standard InChI is InChI=1S/C27H29Cl2N3O4S/c1-3-16-30-27(34)20(2)31(18-21-8-7-9-23(29)17-21)26(33)19-32(24-14-12-22(28)13-15-24)37(35,36)25-10-5-4-6-11-25/h4-15,17,20H,3,16,18-19H2,1-2H3,(H,30,34)/t20-/m1/s1.